The highest BCUT2D eigenvalue weighted by Gasteiger charge is 2.57. The highest BCUT2D eigenvalue weighted by molar-refractivity contribution is 5.95. The Hall–Kier alpha value is -6.45. The van der Waals surface area contributed by atoms with Crippen LogP contribution in [0.2, 0.25) is 0 Å². The Morgan fingerprint density at radius 3 is 1.26 bits per heavy atom. The van der Waals surface area contributed by atoms with E-state index in [-0.39, 0.29) is 16.2 Å². The van der Waals surface area contributed by atoms with Gasteiger partial charge in [0.2, 0.25) is 0 Å². The van der Waals surface area contributed by atoms with Gasteiger partial charge in [0, 0.05) is 16.7 Å². The fourth-order valence-electron chi connectivity index (χ4n) is 10.6. The quantitative estimate of drug-likeness (QED) is 0.180. The van der Waals surface area contributed by atoms with Gasteiger partial charge in [0.1, 0.15) is 0 Å². The summed E-state index contributed by atoms with van der Waals surface area (Å²) in [5.74, 6) is 1.97. The van der Waals surface area contributed by atoms with Gasteiger partial charge in [-0.05, 0) is 89.1 Å². The van der Waals surface area contributed by atoms with E-state index in [2.05, 4.69) is 187 Å². The van der Waals surface area contributed by atoms with Crippen LogP contribution in [0.1, 0.15) is 74.9 Å². The van der Waals surface area contributed by atoms with Crippen LogP contribution in [0, 0.1) is 5.41 Å². The summed E-state index contributed by atoms with van der Waals surface area (Å²) in [7, 11) is 0. The summed E-state index contributed by atoms with van der Waals surface area (Å²) < 4.78 is 0. The van der Waals surface area contributed by atoms with E-state index in [4.69, 9.17) is 15.0 Å². The molecule has 280 valence electrons. The number of nitrogens with zero attached hydrogens (tertiary/aromatic N) is 3. The maximum Gasteiger partial charge on any atom is 0.164 e. The summed E-state index contributed by atoms with van der Waals surface area (Å²) in [5, 5.41) is 0. The van der Waals surface area contributed by atoms with Crippen LogP contribution in [0.25, 0.3) is 67.5 Å². The molecule has 58 heavy (non-hydrogen) atoms. The smallest absolute Gasteiger partial charge is 0.164 e. The van der Waals surface area contributed by atoms with Crippen molar-refractivity contribution in [2.75, 3.05) is 0 Å². The van der Waals surface area contributed by atoms with Gasteiger partial charge in [-0.2, -0.15) is 0 Å². The van der Waals surface area contributed by atoms with Crippen molar-refractivity contribution in [3.63, 3.8) is 0 Å². The van der Waals surface area contributed by atoms with Gasteiger partial charge in [-0.25, -0.2) is 15.0 Å². The minimum atomic E-state index is -0.443. The van der Waals surface area contributed by atoms with E-state index >= 15 is 0 Å². The van der Waals surface area contributed by atoms with Crippen molar-refractivity contribution in [1.29, 1.82) is 0 Å². The van der Waals surface area contributed by atoms with Crippen molar-refractivity contribution < 1.29 is 0 Å². The van der Waals surface area contributed by atoms with E-state index in [0.717, 1.165) is 16.7 Å². The van der Waals surface area contributed by atoms with Crippen molar-refractivity contribution in [3.05, 3.63) is 197 Å². The summed E-state index contributed by atoms with van der Waals surface area (Å²) in [6, 6.07) is 59.7. The first-order valence-electron chi connectivity index (χ1n) is 20.5. The molecule has 11 rings (SSSR count). The Kier molecular flexibility index (Phi) is 7.21. The molecule has 7 aromatic carbocycles. The Morgan fingerprint density at radius 2 is 0.690 bits per heavy atom. The Bertz CT molecular complexity index is 2910. The number of rotatable bonds is 4. The predicted octanol–water partition coefficient (Wildman–Crippen LogP) is 13.5. The second kappa shape index (κ2) is 12.0. The first-order valence-corrected chi connectivity index (χ1v) is 20.5. The van der Waals surface area contributed by atoms with Crippen LogP contribution < -0.4 is 0 Å². The first kappa shape index (κ1) is 34.8. The summed E-state index contributed by atoms with van der Waals surface area (Å²) >= 11 is 0. The molecule has 0 atom stereocenters. The average Bonchev–Trinajstić information content (AvgIpc) is 3.76. The topological polar surface area (TPSA) is 38.7 Å². The number of aromatic nitrogens is 3. The lowest BCUT2D eigenvalue weighted by molar-refractivity contribution is 0.125. The molecule has 0 radical (unpaired) electrons. The van der Waals surface area contributed by atoms with Crippen molar-refractivity contribution in [2.24, 2.45) is 5.41 Å². The summed E-state index contributed by atoms with van der Waals surface area (Å²) in [6.07, 6.45) is 0. The van der Waals surface area contributed by atoms with Crippen molar-refractivity contribution in [2.45, 2.75) is 57.8 Å². The molecule has 3 heteroatoms. The number of fused-ring (bicyclic) bond motifs is 11. The molecule has 0 unspecified atom stereocenters. The molecule has 0 saturated carbocycles. The molecule has 0 aliphatic heterocycles. The molecule has 3 nitrogen and oxygen atoms in total. The SMILES string of the molecule is CC1(C)c2ccc(-c3ccc(-c4nc(-c5ccccc5)nc(-c5ccc6c(c5)C5(c7ccccc7-c7ccccc75)c5ccccc5-6)n4)cc3)cc2C(C)(C)C1(C)C. The standard InChI is InChI=1S/C55H45N3/c1-52(2)46-31-29-37(32-48(46)53(3,4)54(52,5)6)34-24-26-36(27-25-34)50-56-49(35-16-8-7-9-17-35)57-51(58-50)38-28-30-42-41-20-12-15-23-45(41)55(47(42)33-38)43-21-13-10-18-39(43)40-19-11-14-22-44(40)55/h7-33H,1-6H3. The zero-order valence-corrected chi connectivity index (χ0v) is 33.9. The van der Waals surface area contributed by atoms with Gasteiger partial charge < -0.3 is 0 Å². The van der Waals surface area contributed by atoms with E-state index in [1.807, 2.05) is 18.2 Å². The third kappa shape index (κ3) is 4.53. The van der Waals surface area contributed by atoms with Crippen LogP contribution in [-0.2, 0) is 16.2 Å². The van der Waals surface area contributed by atoms with Crippen LogP contribution in [-0.4, -0.2) is 15.0 Å². The molecule has 0 saturated heterocycles. The molecule has 0 bridgehead atoms. The zero-order valence-electron chi connectivity index (χ0n) is 33.9. The molecular weight excluding hydrogens is 703 g/mol. The van der Waals surface area contributed by atoms with Crippen LogP contribution in [0.4, 0.5) is 0 Å². The van der Waals surface area contributed by atoms with E-state index in [1.54, 1.807) is 0 Å². The Balaban J connectivity index is 1.05. The zero-order chi connectivity index (χ0) is 39.6. The van der Waals surface area contributed by atoms with Crippen molar-refractivity contribution in [3.8, 4) is 67.5 Å². The summed E-state index contributed by atoms with van der Waals surface area (Å²) in [5.41, 5.74) is 18.3. The molecular formula is C55H45N3. The molecule has 1 spiro atoms. The van der Waals surface area contributed by atoms with Crippen LogP contribution in [0.3, 0.4) is 0 Å². The minimum Gasteiger partial charge on any atom is -0.208 e. The normalized spacial score (nSPS) is 16.7. The Labute approximate surface area is 341 Å². The lowest BCUT2D eigenvalue weighted by atomic mass is 9.59. The predicted molar refractivity (Wildman–Crippen MR) is 238 cm³/mol. The lowest BCUT2D eigenvalue weighted by Crippen LogP contribution is -2.42. The molecule has 8 aromatic rings. The van der Waals surface area contributed by atoms with Crippen molar-refractivity contribution in [1.82, 2.24) is 15.0 Å². The second-order valence-corrected chi connectivity index (χ2v) is 18.0. The fraction of sp³-hybridized carbons (Fsp3) is 0.182. The van der Waals surface area contributed by atoms with E-state index in [1.165, 1.54) is 66.8 Å². The largest absolute Gasteiger partial charge is 0.208 e. The maximum atomic E-state index is 5.26. The summed E-state index contributed by atoms with van der Waals surface area (Å²) in [6.45, 7) is 14.4. The van der Waals surface area contributed by atoms with Gasteiger partial charge in [0.25, 0.3) is 0 Å². The van der Waals surface area contributed by atoms with Gasteiger partial charge in [-0.3, -0.25) is 0 Å². The van der Waals surface area contributed by atoms with Gasteiger partial charge in [0.05, 0.1) is 5.41 Å². The van der Waals surface area contributed by atoms with Gasteiger partial charge >= 0.3 is 0 Å². The molecule has 0 amide bonds. The highest BCUT2D eigenvalue weighted by Crippen LogP contribution is 2.64. The summed E-state index contributed by atoms with van der Waals surface area (Å²) in [4.78, 5) is 15.6. The molecule has 3 aliphatic rings. The number of hydrogen-bond acceptors (Lipinski definition) is 3. The Morgan fingerprint density at radius 1 is 0.293 bits per heavy atom. The average molecular weight is 748 g/mol. The monoisotopic (exact) mass is 747 g/mol. The van der Waals surface area contributed by atoms with Crippen LogP contribution in [0.5, 0.6) is 0 Å². The third-order valence-corrected chi connectivity index (χ3v) is 14.9. The molecule has 1 heterocycles. The first-order chi connectivity index (χ1) is 28.0. The molecule has 0 N–H and O–H groups in total. The van der Waals surface area contributed by atoms with Gasteiger partial charge in [0.15, 0.2) is 17.5 Å². The van der Waals surface area contributed by atoms with Crippen molar-refractivity contribution >= 4 is 0 Å². The maximum absolute atomic E-state index is 5.26. The van der Waals surface area contributed by atoms with E-state index < -0.39 is 5.41 Å². The van der Waals surface area contributed by atoms with Crippen LogP contribution >= 0.6 is 0 Å². The minimum absolute atomic E-state index is 0.0431. The molecule has 1 aromatic heterocycles. The fourth-order valence-corrected chi connectivity index (χ4v) is 10.6. The number of benzene rings is 7. The van der Waals surface area contributed by atoms with E-state index in [0.29, 0.717) is 17.5 Å². The van der Waals surface area contributed by atoms with Crippen LogP contribution in [0.15, 0.2) is 164 Å². The van der Waals surface area contributed by atoms with E-state index in [9.17, 15) is 0 Å². The molecule has 3 aliphatic carbocycles. The second-order valence-electron chi connectivity index (χ2n) is 18.0. The molecule has 0 fully saturated rings. The highest BCUT2D eigenvalue weighted by atomic mass is 15.0. The third-order valence-electron chi connectivity index (χ3n) is 14.9. The lowest BCUT2D eigenvalue weighted by Gasteiger charge is -2.44. The van der Waals surface area contributed by atoms with Gasteiger partial charge in [-0.15, -0.1) is 0 Å². The number of hydrogen-bond donors (Lipinski definition) is 0. The van der Waals surface area contributed by atoms with Gasteiger partial charge in [-0.1, -0.05) is 199 Å².